The molecule has 0 radical (unpaired) electrons. The van der Waals surface area contributed by atoms with Gasteiger partial charge in [0.2, 0.25) is 5.78 Å². The number of aliphatic hydroxyl groups is 2. The average Bonchev–Trinajstić information content (AvgIpc) is 3.03. The molecule has 4 aliphatic rings. The number of fused-ring (bicyclic) bond motifs is 5. The Hall–Kier alpha value is -1.79. The highest BCUT2D eigenvalue weighted by atomic mass is 16.5. The van der Waals surface area contributed by atoms with E-state index in [1.807, 2.05) is 13.0 Å². The standard InChI is InChI=1S/C27H38O6/c1-4-5-6-7-23(31)33-16-22(30)27(32)13-11-20-19-9-8-17-14-18(28)10-12-25(17,2)24(19)21(29)15-26(20,27)3/h10,12,14,19-21,24,29,32H,4-9,11,13,15-16H2,1-3H3/t19-,20-,21-,24+,25-,26-,27-/m0/s1. The van der Waals surface area contributed by atoms with Crippen molar-refractivity contribution in [3.63, 3.8) is 0 Å². The van der Waals surface area contributed by atoms with E-state index in [-0.39, 0.29) is 35.4 Å². The summed E-state index contributed by atoms with van der Waals surface area (Å²) in [5.41, 5.74) is -1.68. The van der Waals surface area contributed by atoms with Crippen molar-refractivity contribution in [3.05, 3.63) is 23.8 Å². The highest BCUT2D eigenvalue weighted by Gasteiger charge is 2.68. The molecule has 0 aliphatic heterocycles. The molecule has 3 saturated carbocycles. The van der Waals surface area contributed by atoms with Gasteiger partial charge >= 0.3 is 5.97 Å². The van der Waals surface area contributed by atoms with Gasteiger partial charge in [-0.2, -0.15) is 0 Å². The van der Waals surface area contributed by atoms with E-state index in [0.29, 0.717) is 19.3 Å². The maximum Gasteiger partial charge on any atom is 0.306 e. The molecule has 4 aliphatic carbocycles. The Morgan fingerprint density at radius 1 is 1.21 bits per heavy atom. The van der Waals surface area contributed by atoms with E-state index in [2.05, 4.69) is 13.8 Å². The normalized spacial score (nSPS) is 41.6. The predicted octanol–water partition coefficient (Wildman–Crippen LogP) is 3.69. The average molecular weight is 459 g/mol. The topological polar surface area (TPSA) is 101 Å². The molecule has 7 atom stereocenters. The lowest BCUT2D eigenvalue weighted by molar-refractivity contribution is -0.181. The summed E-state index contributed by atoms with van der Waals surface area (Å²) in [4.78, 5) is 37.1. The summed E-state index contributed by atoms with van der Waals surface area (Å²) in [6, 6.07) is 0. The second-order valence-corrected chi connectivity index (χ2v) is 11.2. The van der Waals surface area contributed by atoms with Gasteiger partial charge < -0.3 is 14.9 Å². The van der Waals surface area contributed by atoms with Gasteiger partial charge in [0.15, 0.2) is 12.4 Å². The Morgan fingerprint density at radius 3 is 2.70 bits per heavy atom. The maximum absolute atomic E-state index is 13.2. The summed E-state index contributed by atoms with van der Waals surface area (Å²) in [5, 5.41) is 23.0. The van der Waals surface area contributed by atoms with Gasteiger partial charge in [-0.3, -0.25) is 14.4 Å². The van der Waals surface area contributed by atoms with Crippen molar-refractivity contribution in [2.24, 2.45) is 28.6 Å². The van der Waals surface area contributed by atoms with Crippen LogP contribution in [0.1, 0.15) is 78.6 Å². The Labute approximate surface area is 196 Å². The van der Waals surface area contributed by atoms with E-state index < -0.39 is 35.5 Å². The molecule has 0 amide bonds. The smallest absolute Gasteiger partial charge is 0.306 e. The Bertz CT molecular complexity index is 889. The lowest BCUT2D eigenvalue weighted by atomic mass is 9.46. The largest absolute Gasteiger partial charge is 0.458 e. The number of rotatable bonds is 7. The summed E-state index contributed by atoms with van der Waals surface area (Å²) in [7, 11) is 0. The van der Waals surface area contributed by atoms with Crippen molar-refractivity contribution in [1.29, 1.82) is 0 Å². The quantitative estimate of drug-likeness (QED) is 0.446. The van der Waals surface area contributed by atoms with E-state index in [1.165, 1.54) is 0 Å². The third kappa shape index (κ3) is 3.83. The number of ketones is 2. The fourth-order valence-corrected chi connectivity index (χ4v) is 7.65. The predicted molar refractivity (Wildman–Crippen MR) is 123 cm³/mol. The molecule has 3 fully saturated rings. The molecule has 0 unspecified atom stereocenters. The number of hydrogen-bond acceptors (Lipinski definition) is 6. The van der Waals surface area contributed by atoms with Gasteiger partial charge in [0.25, 0.3) is 0 Å². The van der Waals surface area contributed by atoms with Crippen molar-refractivity contribution >= 4 is 17.5 Å². The van der Waals surface area contributed by atoms with Crippen LogP contribution in [0.4, 0.5) is 0 Å². The number of hydrogen-bond donors (Lipinski definition) is 2. The van der Waals surface area contributed by atoms with Crippen molar-refractivity contribution in [1.82, 2.24) is 0 Å². The first kappa shape index (κ1) is 24.3. The van der Waals surface area contributed by atoms with Crippen LogP contribution in [-0.2, 0) is 19.1 Å². The number of carbonyl (C=O) groups excluding carboxylic acids is 3. The molecule has 6 heteroatoms. The number of Topliss-reactive ketones (excluding diaryl/α,β-unsaturated/α-hetero) is 1. The Balaban J connectivity index is 1.52. The third-order valence-electron chi connectivity index (χ3n) is 9.46. The van der Waals surface area contributed by atoms with E-state index in [4.69, 9.17) is 4.74 Å². The second kappa shape index (κ2) is 8.77. The summed E-state index contributed by atoms with van der Waals surface area (Å²) < 4.78 is 5.22. The molecule has 0 aromatic carbocycles. The first-order chi connectivity index (χ1) is 15.6. The van der Waals surface area contributed by atoms with Gasteiger partial charge in [-0.25, -0.2) is 0 Å². The van der Waals surface area contributed by atoms with Gasteiger partial charge in [0.05, 0.1) is 6.10 Å². The summed E-state index contributed by atoms with van der Waals surface area (Å²) in [6.45, 7) is 5.68. The highest BCUT2D eigenvalue weighted by Crippen LogP contribution is 2.67. The van der Waals surface area contributed by atoms with E-state index in [1.54, 1.807) is 12.2 Å². The van der Waals surface area contributed by atoms with Gasteiger partial charge in [-0.05, 0) is 62.5 Å². The zero-order valence-corrected chi connectivity index (χ0v) is 20.1. The molecule has 0 aromatic rings. The number of unbranched alkanes of at least 4 members (excludes halogenated alkanes) is 2. The van der Waals surface area contributed by atoms with Crippen LogP contribution in [0.25, 0.3) is 0 Å². The van der Waals surface area contributed by atoms with Crippen LogP contribution in [0.15, 0.2) is 23.8 Å². The van der Waals surface area contributed by atoms with Crippen molar-refractivity contribution < 1.29 is 29.3 Å². The van der Waals surface area contributed by atoms with Gasteiger partial charge in [-0.15, -0.1) is 0 Å². The molecule has 0 bridgehead atoms. The fourth-order valence-electron chi connectivity index (χ4n) is 7.65. The number of carbonyl (C=O) groups is 3. The lowest BCUT2D eigenvalue weighted by Gasteiger charge is -2.59. The minimum atomic E-state index is -1.61. The van der Waals surface area contributed by atoms with Gasteiger partial charge in [0, 0.05) is 23.2 Å². The summed E-state index contributed by atoms with van der Waals surface area (Å²) in [6.07, 6.45) is 10.5. The molecule has 182 valence electrons. The first-order valence-electron chi connectivity index (χ1n) is 12.6. The summed E-state index contributed by atoms with van der Waals surface area (Å²) in [5.74, 6) is -0.661. The van der Waals surface area contributed by atoms with Crippen molar-refractivity contribution in [2.45, 2.75) is 90.3 Å². The summed E-state index contributed by atoms with van der Waals surface area (Å²) >= 11 is 0. The highest BCUT2D eigenvalue weighted by molar-refractivity contribution is 6.01. The zero-order chi connectivity index (χ0) is 24.0. The van der Waals surface area contributed by atoms with Crippen LogP contribution < -0.4 is 0 Å². The first-order valence-corrected chi connectivity index (χ1v) is 12.6. The molecule has 6 nitrogen and oxygen atoms in total. The van der Waals surface area contributed by atoms with Crippen LogP contribution >= 0.6 is 0 Å². The molecule has 2 N–H and O–H groups in total. The molecular formula is C27H38O6. The molecule has 0 saturated heterocycles. The number of allylic oxidation sites excluding steroid dienone is 4. The monoisotopic (exact) mass is 458 g/mol. The molecular weight excluding hydrogens is 420 g/mol. The molecule has 0 heterocycles. The van der Waals surface area contributed by atoms with Crippen LogP contribution in [0.3, 0.4) is 0 Å². The molecule has 4 rings (SSSR count). The lowest BCUT2D eigenvalue weighted by Crippen LogP contribution is -2.61. The SMILES string of the molecule is CCCCCC(=O)OCC(=O)[C@@]1(O)CC[C@H]2[C@@H]3CCC4=CC(=O)C=C[C@]4(C)[C@H]3[C@@H](O)C[C@@]21C. The second-order valence-electron chi connectivity index (χ2n) is 11.2. The van der Waals surface area contributed by atoms with E-state index >= 15 is 0 Å². The van der Waals surface area contributed by atoms with Crippen LogP contribution in [0.2, 0.25) is 0 Å². The van der Waals surface area contributed by atoms with Crippen LogP contribution in [0.5, 0.6) is 0 Å². The Kier molecular flexibility index (Phi) is 6.47. The Morgan fingerprint density at radius 2 is 1.97 bits per heavy atom. The number of aliphatic hydroxyl groups excluding tert-OH is 1. The molecule has 33 heavy (non-hydrogen) atoms. The third-order valence-corrected chi connectivity index (χ3v) is 9.46. The van der Waals surface area contributed by atoms with Crippen LogP contribution in [0, 0.1) is 28.6 Å². The van der Waals surface area contributed by atoms with E-state index in [0.717, 1.165) is 37.7 Å². The molecule has 0 spiro atoms. The maximum atomic E-state index is 13.2. The number of esters is 1. The zero-order valence-electron chi connectivity index (χ0n) is 20.1. The van der Waals surface area contributed by atoms with Gasteiger partial charge in [-0.1, -0.05) is 45.3 Å². The van der Waals surface area contributed by atoms with Crippen molar-refractivity contribution in [2.75, 3.05) is 6.61 Å². The fraction of sp³-hybridized carbons (Fsp3) is 0.741. The number of ether oxygens (including phenoxy) is 1. The van der Waals surface area contributed by atoms with E-state index in [9.17, 15) is 24.6 Å². The van der Waals surface area contributed by atoms with Crippen molar-refractivity contribution in [3.8, 4) is 0 Å². The minimum Gasteiger partial charge on any atom is -0.458 e. The van der Waals surface area contributed by atoms with Gasteiger partial charge in [0.1, 0.15) is 5.60 Å². The van der Waals surface area contributed by atoms with Crippen LogP contribution in [-0.4, -0.2) is 46.1 Å². The minimum absolute atomic E-state index is 0.00106. The molecule has 0 aromatic heterocycles.